The zero-order chi connectivity index (χ0) is 21.1. The Kier molecular flexibility index (Phi) is 6.36. The van der Waals surface area contributed by atoms with E-state index in [4.69, 9.17) is 10.5 Å². The Morgan fingerprint density at radius 2 is 2.00 bits per heavy atom. The first-order valence-electron chi connectivity index (χ1n) is 10.3. The molecule has 3 heterocycles. The molecule has 1 aromatic carbocycles. The molecule has 2 aliphatic rings. The lowest BCUT2D eigenvalue weighted by Gasteiger charge is -2.23. The van der Waals surface area contributed by atoms with Crippen LogP contribution in [0.15, 0.2) is 30.3 Å². The number of carbonyl (C=O) groups excluding carboxylic acids is 2. The van der Waals surface area contributed by atoms with Crippen molar-refractivity contribution in [3.8, 4) is 0 Å². The first-order chi connectivity index (χ1) is 14.5. The predicted molar refractivity (Wildman–Crippen MR) is 119 cm³/mol. The van der Waals surface area contributed by atoms with Crippen LogP contribution in [0.1, 0.15) is 27.2 Å². The van der Waals surface area contributed by atoms with Crippen LogP contribution in [-0.2, 0) is 22.4 Å². The van der Waals surface area contributed by atoms with E-state index in [0.29, 0.717) is 23.1 Å². The second kappa shape index (κ2) is 9.16. The number of amides is 2. The van der Waals surface area contributed by atoms with Gasteiger partial charge in [0.05, 0.1) is 16.5 Å². The Hall–Kier alpha value is -2.42. The number of nitrogens with two attached hydrogens (primary N) is 1. The number of nitrogens with zero attached hydrogens (tertiary/aromatic N) is 1. The Labute approximate surface area is 180 Å². The van der Waals surface area contributed by atoms with Gasteiger partial charge >= 0.3 is 0 Å². The summed E-state index contributed by atoms with van der Waals surface area (Å²) in [6.07, 6.45) is 2.72. The van der Waals surface area contributed by atoms with Gasteiger partial charge in [0, 0.05) is 31.3 Å². The van der Waals surface area contributed by atoms with Gasteiger partial charge in [-0.15, -0.1) is 11.3 Å². The number of nitrogens with one attached hydrogen (secondary N) is 2. The maximum absolute atomic E-state index is 13.1. The smallest absolute Gasteiger partial charge is 0.262 e. The van der Waals surface area contributed by atoms with Crippen LogP contribution in [0.2, 0.25) is 0 Å². The van der Waals surface area contributed by atoms with Crippen LogP contribution in [0.5, 0.6) is 0 Å². The quantitative estimate of drug-likeness (QED) is 0.678. The zero-order valence-electron chi connectivity index (χ0n) is 17.1. The first kappa shape index (κ1) is 20.8. The summed E-state index contributed by atoms with van der Waals surface area (Å²) in [7, 11) is 2.13. The number of rotatable bonds is 5. The van der Waals surface area contributed by atoms with Crippen LogP contribution in [0.4, 0.5) is 10.7 Å². The number of hydrogen-bond donors (Lipinski definition) is 3. The Balaban J connectivity index is 1.48. The highest BCUT2D eigenvalue weighted by atomic mass is 32.1. The van der Waals surface area contributed by atoms with Crippen LogP contribution in [0.25, 0.3) is 0 Å². The van der Waals surface area contributed by atoms with Crippen molar-refractivity contribution in [3.05, 3.63) is 46.3 Å². The number of nitrogen functional groups attached to an aromatic ring is 1. The van der Waals surface area contributed by atoms with E-state index in [2.05, 4.69) is 34.7 Å². The summed E-state index contributed by atoms with van der Waals surface area (Å²) in [5.41, 5.74) is 9.12. The predicted octanol–water partition coefficient (Wildman–Crippen LogP) is 2.13. The van der Waals surface area contributed by atoms with Crippen LogP contribution >= 0.6 is 11.3 Å². The van der Waals surface area contributed by atoms with E-state index < -0.39 is 6.04 Å². The Bertz CT molecular complexity index is 923. The number of ether oxygens (including phenoxy) is 1. The van der Waals surface area contributed by atoms with Gasteiger partial charge in [-0.3, -0.25) is 9.59 Å². The molecule has 4 N–H and O–H groups in total. The molecular formula is C22H28N4O3S. The molecule has 2 aromatic rings. The van der Waals surface area contributed by atoms with Crippen molar-refractivity contribution in [2.24, 2.45) is 5.92 Å². The van der Waals surface area contributed by atoms with Crippen molar-refractivity contribution in [2.75, 3.05) is 44.4 Å². The second-order valence-corrected chi connectivity index (χ2v) is 9.17. The average Bonchev–Trinajstić information content (AvgIpc) is 3.37. The van der Waals surface area contributed by atoms with Crippen molar-refractivity contribution >= 4 is 33.8 Å². The van der Waals surface area contributed by atoms with E-state index >= 15 is 0 Å². The first-order valence-corrected chi connectivity index (χ1v) is 11.2. The van der Waals surface area contributed by atoms with E-state index in [1.54, 1.807) is 12.1 Å². The van der Waals surface area contributed by atoms with Gasteiger partial charge in [-0.05, 0) is 61.7 Å². The molecule has 8 heteroatoms. The highest BCUT2D eigenvalue weighted by Gasteiger charge is 2.33. The van der Waals surface area contributed by atoms with Crippen molar-refractivity contribution in [3.63, 3.8) is 0 Å². The lowest BCUT2D eigenvalue weighted by molar-refractivity contribution is -0.119. The van der Waals surface area contributed by atoms with Crippen molar-refractivity contribution in [1.82, 2.24) is 10.2 Å². The summed E-state index contributed by atoms with van der Waals surface area (Å²) in [5.74, 6) is -0.552. The Morgan fingerprint density at radius 1 is 1.20 bits per heavy atom. The highest BCUT2D eigenvalue weighted by Crippen LogP contribution is 2.23. The van der Waals surface area contributed by atoms with Gasteiger partial charge < -0.3 is 26.0 Å². The minimum absolute atomic E-state index is 0.0549. The van der Waals surface area contributed by atoms with E-state index in [1.165, 1.54) is 22.5 Å². The van der Waals surface area contributed by atoms with E-state index in [0.717, 1.165) is 38.0 Å². The van der Waals surface area contributed by atoms with Crippen LogP contribution in [0, 0.1) is 5.92 Å². The number of carbonyl (C=O) groups is 2. The van der Waals surface area contributed by atoms with Gasteiger partial charge in [-0.1, -0.05) is 6.07 Å². The van der Waals surface area contributed by atoms with Crippen molar-refractivity contribution < 1.29 is 14.3 Å². The van der Waals surface area contributed by atoms with Gasteiger partial charge in [0.1, 0.15) is 6.04 Å². The molecule has 0 radical (unpaired) electrons. The van der Waals surface area contributed by atoms with Crippen LogP contribution in [-0.4, -0.2) is 56.1 Å². The lowest BCUT2D eigenvalue weighted by atomic mass is 9.97. The molecule has 1 fully saturated rings. The van der Waals surface area contributed by atoms with Crippen LogP contribution < -0.4 is 16.4 Å². The molecule has 7 nitrogen and oxygen atoms in total. The molecule has 0 spiro atoms. The molecule has 2 aliphatic heterocycles. The maximum atomic E-state index is 13.1. The molecule has 4 rings (SSSR count). The van der Waals surface area contributed by atoms with E-state index in [9.17, 15) is 9.59 Å². The summed E-state index contributed by atoms with van der Waals surface area (Å²) >= 11 is 1.21. The zero-order valence-corrected chi connectivity index (χ0v) is 18.0. The second-order valence-electron chi connectivity index (χ2n) is 8.05. The SMILES string of the molecule is CN1CCc2ccc(NC(=O)C(NC(=O)c3ccc(N)s3)C3CCOC3)cc2CC1. The fourth-order valence-corrected chi connectivity index (χ4v) is 4.71. The molecule has 0 aliphatic carbocycles. The summed E-state index contributed by atoms with van der Waals surface area (Å²) in [5, 5.41) is 6.49. The van der Waals surface area contributed by atoms with Gasteiger partial charge in [-0.2, -0.15) is 0 Å². The summed E-state index contributed by atoms with van der Waals surface area (Å²) in [6.45, 7) is 3.11. The summed E-state index contributed by atoms with van der Waals surface area (Å²) in [4.78, 5) is 28.6. The molecule has 2 amide bonds. The maximum Gasteiger partial charge on any atom is 0.262 e. The van der Waals surface area contributed by atoms with Gasteiger partial charge in [-0.25, -0.2) is 0 Å². The minimum Gasteiger partial charge on any atom is -0.391 e. The number of likely N-dealkylation sites (N-methyl/N-ethyl adjacent to an activating group) is 1. The van der Waals surface area contributed by atoms with Crippen LogP contribution in [0.3, 0.4) is 0 Å². The third kappa shape index (κ3) is 4.83. The number of thiophene rings is 1. The molecule has 1 saturated heterocycles. The highest BCUT2D eigenvalue weighted by molar-refractivity contribution is 7.17. The van der Waals surface area contributed by atoms with Crippen molar-refractivity contribution in [1.29, 1.82) is 0 Å². The topological polar surface area (TPSA) is 96.7 Å². The van der Waals surface area contributed by atoms with Gasteiger partial charge in [0.25, 0.3) is 5.91 Å². The van der Waals surface area contributed by atoms with Crippen molar-refractivity contribution in [2.45, 2.75) is 25.3 Å². The fourth-order valence-electron chi connectivity index (χ4n) is 4.04. The number of benzene rings is 1. The number of anilines is 2. The lowest BCUT2D eigenvalue weighted by Crippen LogP contribution is -2.48. The largest absolute Gasteiger partial charge is 0.391 e. The third-order valence-corrected chi connectivity index (χ3v) is 6.77. The van der Waals surface area contributed by atoms with E-state index in [-0.39, 0.29) is 17.7 Å². The van der Waals surface area contributed by atoms with E-state index in [1.807, 2.05) is 6.07 Å². The third-order valence-electron chi connectivity index (χ3n) is 5.86. The minimum atomic E-state index is -0.659. The normalized spacial score (nSPS) is 20.2. The summed E-state index contributed by atoms with van der Waals surface area (Å²) < 4.78 is 5.47. The molecular weight excluding hydrogens is 400 g/mol. The molecule has 0 bridgehead atoms. The molecule has 2 unspecified atom stereocenters. The molecule has 1 aromatic heterocycles. The average molecular weight is 429 g/mol. The number of hydrogen-bond acceptors (Lipinski definition) is 6. The van der Waals surface area contributed by atoms with Gasteiger partial charge in [0.2, 0.25) is 5.91 Å². The molecule has 160 valence electrons. The standard InChI is InChI=1S/C22H28N4O3S/c1-26-9-6-14-2-3-17(12-15(14)7-10-26)24-22(28)20(16-8-11-29-13-16)25-21(27)18-4-5-19(23)30-18/h2-5,12,16,20H,6-11,13,23H2,1H3,(H,24,28)(H,25,27). The summed E-state index contributed by atoms with van der Waals surface area (Å²) in [6, 6.07) is 8.83. The monoisotopic (exact) mass is 428 g/mol. The molecule has 0 saturated carbocycles. The Morgan fingerprint density at radius 3 is 2.70 bits per heavy atom. The fraction of sp³-hybridized carbons (Fsp3) is 0.455. The molecule has 30 heavy (non-hydrogen) atoms. The van der Waals surface area contributed by atoms with Gasteiger partial charge in [0.15, 0.2) is 0 Å². The number of fused-ring (bicyclic) bond motifs is 1. The molecule has 2 atom stereocenters.